The van der Waals surface area contributed by atoms with Crippen LogP contribution in [0.1, 0.15) is 36.3 Å². The summed E-state index contributed by atoms with van der Waals surface area (Å²) >= 11 is 0. The third-order valence-corrected chi connectivity index (χ3v) is 7.12. The van der Waals surface area contributed by atoms with Gasteiger partial charge in [-0.25, -0.2) is 18.7 Å². The number of Topliss-reactive ketones (excluding diaryl/α,β-unsaturated/α-hetero) is 1. The van der Waals surface area contributed by atoms with Crippen LogP contribution < -0.4 is 10.1 Å². The van der Waals surface area contributed by atoms with Gasteiger partial charge in [-0.1, -0.05) is 12.2 Å². The molecule has 1 aliphatic heterocycles. The van der Waals surface area contributed by atoms with Crippen LogP contribution in [0.3, 0.4) is 0 Å². The van der Waals surface area contributed by atoms with Gasteiger partial charge in [-0.15, -0.1) is 0 Å². The summed E-state index contributed by atoms with van der Waals surface area (Å²) < 4.78 is 35.4. The lowest BCUT2D eigenvalue weighted by Gasteiger charge is -2.44. The van der Waals surface area contributed by atoms with Crippen LogP contribution in [0.4, 0.5) is 14.6 Å². The number of aromatic nitrogens is 3. The van der Waals surface area contributed by atoms with Crippen LogP contribution in [-0.4, -0.2) is 69.3 Å². The van der Waals surface area contributed by atoms with Gasteiger partial charge in [0.2, 0.25) is 5.88 Å². The predicted molar refractivity (Wildman–Crippen MR) is 138 cm³/mol. The number of ether oxygens (including phenoxy) is 1. The molecule has 10 heteroatoms. The van der Waals surface area contributed by atoms with E-state index in [0.29, 0.717) is 5.69 Å². The van der Waals surface area contributed by atoms with Crippen LogP contribution >= 0.6 is 0 Å². The Bertz CT molecular complexity index is 1420. The van der Waals surface area contributed by atoms with Gasteiger partial charge in [0.15, 0.2) is 23.2 Å². The molecule has 1 saturated heterocycles. The Labute approximate surface area is 214 Å². The van der Waals surface area contributed by atoms with E-state index in [2.05, 4.69) is 56.2 Å². The molecule has 0 radical (unpaired) electrons. The fourth-order valence-corrected chi connectivity index (χ4v) is 4.87. The van der Waals surface area contributed by atoms with Gasteiger partial charge in [-0.3, -0.25) is 9.69 Å². The topological polar surface area (TPSA) is 86.4 Å². The highest BCUT2D eigenvalue weighted by atomic mass is 19.1. The third kappa shape index (κ3) is 4.86. The van der Waals surface area contributed by atoms with Crippen LogP contribution in [0.2, 0.25) is 0 Å². The summed E-state index contributed by atoms with van der Waals surface area (Å²) in [6, 6.07) is 2.44. The molecule has 194 valence electrons. The van der Waals surface area contributed by atoms with Gasteiger partial charge in [0, 0.05) is 54.6 Å². The highest BCUT2D eigenvalue weighted by molar-refractivity contribution is 6.01. The molecule has 0 spiro atoms. The molecular weight excluding hydrogens is 478 g/mol. The number of fused-ring (bicyclic) bond motifs is 1. The molecule has 3 heterocycles. The van der Waals surface area contributed by atoms with Crippen LogP contribution in [0, 0.1) is 18.6 Å². The summed E-state index contributed by atoms with van der Waals surface area (Å²) in [5.41, 5.74) is 1.40. The van der Waals surface area contributed by atoms with E-state index in [1.165, 1.54) is 19.3 Å². The lowest BCUT2D eigenvalue weighted by atomic mass is 9.89. The van der Waals surface area contributed by atoms with E-state index in [1.807, 2.05) is 6.08 Å². The molecule has 5 rings (SSSR count). The number of allylic oxidation sites excluding steroid dienone is 1. The minimum atomic E-state index is -0.746. The first-order valence-electron chi connectivity index (χ1n) is 12.3. The number of piperazine rings is 1. The number of aromatic amines is 1. The number of carbonyl (C=O) groups is 1. The molecule has 37 heavy (non-hydrogen) atoms. The molecule has 0 unspecified atom stereocenters. The van der Waals surface area contributed by atoms with E-state index >= 15 is 4.39 Å². The van der Waals surface area contributed by atoms with Gasteiger partial charge in [0.1, 0.15) is 17.7 Å². The lowest BCUT2D eigenvalue weighted by molar-refractivity contribution is 0.0801. The first-order chi connectivity index (χ1) is 17.6. The number of rotatable bonds is 6. The van der Waals surface area contributed by atoms with Gasteiger partial charge in [0.25, 0.3) is 0 Å². The molecule has 0 bridgehead atoms. The molecule has 2 aliphatic rings. The average molecular weight is 509 g/mol. The number of hydrogen-bond donors (Lipinski definition) is 2. The molecule has 1 aromatic carbocycles. The van der Waals surface area contributed by atoms with Gasteiger partial charge in [-0.05, 0) is 46.4 Å². The summed E-state index contributed by atoms with van der Waals surface area (Å²) in [5, 5.41) is 3.25. The molecule has 2 aromatic heterocycles. The summed E-state index contributed by atoms with van der Waals surface area (Å²) in [5.74, 6) is -2.08. The molecule has 8 nitrogen and oxygen atoms in total. The van der Waals surface area contributed by atoms with Gasteiger partial charge in [-0.2, -0.15) is 0 Å². The Morgan fingerprint density at radius 3 is 2.62 bits per heavy atom. The summed E-state index contributed by atoms with van der Waals surface area (Å²) in [4.78, 5) is 28.5. The summed E-state index contributed by atoms with van der Waals surface area (Å²) in [6.07, 6.45) is 8.23. The third-order valence-electron chi connectivity index (χ3n) is 7.12. The zero-order valence-electron chi connectivity index (χ0n) is 21.4. The zero-order chi connectivity index (χ0) is 26.3. The maximum Gasteiger partial charge on any atom is 0.235 e. The van der Waals surface area contributed by atoms with Crippen molar-refractivity contribution in [3.8, 4) is 11.6 Å². The molecule has 3 aromatic rings. The number of carbonyl (C=O) groups excluding carboxylic acids is 1. The first kappa shape index (κ1) is 25.0. The largest absolute Gasteiger partial charge is 0.435 e. The lowest BCUT2D eigenvalue weighted by Crippen LogP contribution is -2.54. The molecule has 1 fully saturated rings. The molecule has 0 saturated carbocycles. The van der Waals surface area contributed by atoms with Crippen LogP contribution in [0.15, 0.2) is 42.4 Å². The quantitative estimate of drug-likeness (QED) is 0.463. The van der Waals surface area contributed by atoms with Crippen molar-refractivity contribution >= 4 is 22.5 Å². The van der Waals surface area contributed by atoms with Crippen LogP contribution in [0.5, 0.6) is 11.6 Å². The van der Waals surface area contributed by atoms with Crippen molar-refractivity contribution in [2.45, 2.75) is 32.7 Å². The number of nitrogens with zero attached hydrogens (tertiary/aromatic N) is 4. The van der Waals surface area contributed by atoms with E-state index in [4.69, 9.17) is 4.74 Å². The highest BCUT2D eigenvalue weighted by Crippen LogP contribution is 2.35. The Morgan fingerprint density at radius 2 is 1.95 bits per heavy atom. The Kier molecular flexibility index (Phi) is 6.55. The van der Waals surface area contributed by atoms with Crippen LogP contribution in [-0.2, 0) is 0 Å². The summed E-state index contributed by atoms with van der Waals surface area (Å²) in [6.45, 7) is 9.34. The number of likely N-dealkylation sites (N-methyl/N-ethyl adjacent to an activating group) is 1. The van der Waals surface area contributed by atoms with Crippen molar-refractivity contribution in [2.75, 3.05) is 38.5 Å². The molecule has 1 aliphatic carbocycles. The Balaban J connectivity index is 1.39. The van der Waals surface area contributed by atoms with Crippen LogP contribution in [0.25, 0.3) is 10.9 Å². The van der Waals surface area contributed by atoms with E-state index in [0.717, 1.165) is 44.4 Å². The zero-order valence-corrected chi connectivity index (χ0v) is 21.4. The SMILES string of the molecule is CC(=O)c1c(NC2=CC[C@](C)(N3CCN(C)CC3)C=C2)ncnc1Oc1cc(F)c2[nH]c(C)cc2c1F. The predicted octanol–water partition coefficient (Wildman–Crippen LogP) is 4.80. The van der Waals surface area contributed by atoms with E-state index in [-0.39, 0.29) is 45.2 Å². The number of benzene rings is 1. The normalized spacial score (nSPS) is 20.8. The molecule has 1 atom stereocenters. The number of H-pyrrole nitrogens is 1. The highest BCUT2D eigenvalue weighted by Gasteiger charge is 2.32. The maximum absolute atomic E-state index is 15.1. The molecular formula is C27H30F2N6O2. The second-order valence-corrected chi connectivity index (χ2v) is 9.94. The first-order valence-corrected chi connectivity index (χ1v) is 12.3. The van der Waals surface area contributed by atoms with Crippen molar-refractivity contribution in [1.82, 2.24) is 24.8 Å². The van der Waals surface area contributed by atoms with Crippen molar-refractivity contribution < 1.29 is 18.3 Å². The smallest absolute Gasteiger partial charge is 0.235 e. The maximum atomic E-state index is 15.1. The second kappa shape index (κ2) is 9.68. The fraction of sp³-hybridized carbons (Fsp3) is 0.370. The van der Waals surface area contributed by atoms with Gasteiger partial charge >= 0.3 is 0 Å². The Morgan fingerprint density at radius 1 is 1.19 bits per heavy atom. The molecule has 2 N–H and O–H groups in total. The number of nitrogens with one attached hydrogen (secondary N) is 2. The Hall–Kier alpha value is -3.63. The van der Waals surface area contributed by atoms with Crippen molar-refractivity contribution in [1.29, 1.82) is 0 Å². The van der Waals surface area contributed by atoms with E-state index in [9.17, 15) is 9.18 Å². The number of aryl methyl sites for hydroxylation is 1. The van der Waals surface area contributed by atoms with Crippen molar-refractivity contribution in [3.05, 3.63) is 65.3 Å². The fourth-order valence-electron chi connectivity index (χ4n) is 4.87. The average Bonchev–Trinajstić information content (AvgIpc) is 3.27. The van der Waals surface area contributed by atoms with E-state index < -0.39 is 11.6 Å². The number of ketones is 1. The van der Waals surface area contributed by atoms with Crippen molar-refractivity contribution in [3.63, 3.8) is 0 Å². The minimum Gasteiger partial charge on any atom is -0.435 e. The van der Waals surface area contributed by atoms with E-state index in [1.54, 1.807) is 6.92 Å². The van der Waals surface area contributed by atoms with Gasteiger partial charge < -0.3 is 19.9 Å². The number of anilines is 1. The number of halogens is 2. The molecule has 0 amide bonds. The minimum absolute atomic E-state index is 0.0503. The summed E-state index contributed by atoms with van der Waals surface area (Å²) in [7, 11) is 2.13. The van der Waals surface area contributed by atoms with Crippen molar-refractivity contribution in [2.24, 2.45) is 0 Å². The van der Waals surface area contributed by atoms with Gasteiger partial charge in [0.05, 0.1) is 5.52 Å². The standard InChI is InChI=1S/C27H30F2N6O2/c1-16-13-19-23(29)21(14-20(28)24(19)32-16)37-26-22(17(2)36)25(30-15-31-26)33-18-5-7-27(3,8-6-18)35-11-9-34(4)10-12-35/h5-7,13-15,32H,8-12H2,1-4H3,(H,30,31,33)/t27-/m1/s1. The number of hydrogen-bond acceptors (Lipinski definition) is 7. The second-order valence-electron chi connectivity index (χ2n) is 9.94. The monoisotopic (exact) mass is 508 g/mol.